The molecule has 19 heavy (non-hydrogen) atoms. The second kappa shape index (κ2) is 7.94. The summed E-state index contributed by atoms with van der Waals surface area (Å²) in [6.45, 7) is 8.82. The number of aromatic nitrogens is 2. The lowest BCUT2D eigenvalue weighted by Gasteiger charge is -2.19. The zero-order valence-corrected chi connectivity index (χ0v) is 12.5. The third-order valence-corrected chi connectivity index (χ3v) is 3.14. The van der Waals surface area contributed by atoms with Gasteiger partial charge in [-0.05, 0) is 32.1 Å². The van der Waals surface area contributed by atoms with Crippen molar-refractivity contribution in [2.75, 3.05) is 10.7 Å². The first-order valence-electron chi connectivity index (χ1n) is 7.15. The van der Waals surface area contributed by atoms with Crippen LogP contribution in [0.2, 0.25) is 0 Å². The molecule has 4 N–H and O–H groups in total. The average Bonchev–Trinajstić information content (AvgIpc) is 2.38. The van der Waals surface area contributed by atoms with Crippen LogP contribution >= 0.6 is 0 Å². The average molecular weight is 265 g/mol. The van der Waals surface area contributed by atoms with Crippen LogP contribution in [-0.2, 0) is 6.42 Å². The van der Waals surface area contributed by atoms with E-state index >= 15 is 0 Å². The van der Waals surface area contributed by atoms with E-state index < -0.39 is 0 Å². The Hall–Kier alpha value is -1.36. The number of nitrogens with two attached hydrogens (primary N) is 1. The number of hydrogen-bond acceptors (Lipinski definition) is 5. The summed E-state index contributed by atoms with van der Waals surface area (Å²) in [5.41, 5.74) is 3.73. The van der Waals surface area contributed by atoms with E-state index in [2.05, 4.69) is 48.4 Å². The van der Waals surface area contributed by atoms with Crippen molar-refractivity contribution < 1.29 is 0 Å². The maximum atomic E-state index is 5.51. The quantitative estimate of drug-likeness (QED) is 0.497. The first kappa shape index (κ1) is 15.7. The van der Waals surface area contributed by atoms with Gasteiger partial charge < -0.3 is 10.7 Å². The van der Waals surface area contributed by atoms with Gasteiger partial charge in [0.1, 0.15) is 18.0 Å². The summed E-state index contributed by atoms with van der Waals surface area (Å²) in [5.74, 6) is 7.86. The molecule has 0 amide bonds. The minimum Gasteiger partial charge on any atom is -0.367 e. The van der Waals surface area contributed by atoms with Crippen molar-refractivity contribution in [1.29, 1.82) is 0 Å². The first-order valence-corrected chi connectivity index (χ1v) is 7.15. The molecule has 0 spiro atoms. The number of nitrogens with one attached hydrogen (secondary N) is 2. The summed E-state index contributed by atoms with van der Waals surface area (Å²) < 4.78 is 0. The molecule has 0 fully saturated rings. The third-order valence-electron chi connectivity index (χ3n) is 3.14. The van der Waals surface area contributed by atoms with Crippen molar-refractivity contribution in [3.05, 3.63) is 11.9 Å². The Bertz CT molecular complexity index is 378. The molecule has 5 heteroatoms. The molecule has 1 rings (SSSR count). The molecule has 0 aliphatic rings. The largest absolute Gasteiger partial charge is 0.367 e. The van der Waals surface area contributed by atoms with Crippen molar-refractivity contribution in [2.24, 2.45) is 11.8 Å². The Kier molecular flexibility index (Phi) is 6.56. The van der Waals surface area contributed by atoms with E-state index in [-0.39, 0.29) is 0 Å². The number of hydrazine groups is 1. The van der Waals surface area contributed by atoms with E-state index in [1.165, 1.54) is 6.42 Å². The number of rotatable bonds is 8. The van der Waals surface area contributed by atoms with Gasteiger partial charge in [-0.25, -0.2) is 15.8 Å². The van der Waals surface area contributed by atoms with Crippen molar-refractivity contribution in [1.82, 2.24) is 9.97 Å². The molecule has 0 saturated carbocycles. The highest BCUT2D eigenvalue weighted by Gasteiger charge is 2.12. The van der Waals surface area contributed by atoms with Crippen molar-refractivity contribution in [3.63, 3.8) is 0 Å². The molecular formula is C14H27N5. The standard InChI is InChI=1S/C14H27N5/c1-5-6-12-13(16-9-17-14(12)19-15)18-11(4)8-7-10(2)3/h9-11H,5-8,15H2,1-4H3,(H2,16,17,18,19). The smallest absolute Gasteiger partial charge is 0.148 e. The maximum Gasteiger partial charge on any atom is 0.148 e. The Morgan fingerprint density at radius 3 is 2.42 bits per heavy atom. The fourth-order valence-electron chi connectivity index (χ4n) is 2.04. The van der Waals surface area contributed by atoms with E-state index in [4.69, 9.17) is 5.84 Å². The fourth-order valence-corrected chi connectivity index (χ4v) is 2.04. The van der Waals surface area contributed by atoms with E-state index in [1.807, 2.05) is 0 Å². The van der Waals surface area contributed by atoms with Crippen molar-refractivity contribution in [2.45, 2.75) is 59.4 Å². The van der Waals surface area contributed by atoms with Gasteiger partial charge in [-0.3, -0.25) is 0 Å². The molecule has 1 atom stereocenters. The molecular weight excluding hydrogens is 238 g/mol. The highest BCUT2D eigenvalue weighted by molar-refractivity contribution is 5.57. The number of nitrogens with zero attached hydrogens (tertiary/aromatic N) is 2. The third kappa shape index (κ3) is 5.03. The summed E-state index contributed by atoms with van der Waals surface area (Å²) in [6, 6.07) is 0.401. The summed E-state index contributed by atoms with van der Waals surface area (Å²) >= 11 is 0. The SMILES string of the molecule is CCCc1c(NN)ncnc1NC(C)CCC(C)C. The van der Waals surface area contributed by atoms with Gasteiger partial charge in [0.15, 0.2) is 0 Å². The van der Waals surface area contributed by atoms with E-state index in [0.29, 0.717) is 6.04 Å². The predicted octanol–water partition coefficient (Wildman–Crippen LogP) is 2.95. The van der Waals surface area contributed by atoms with E-state index in [0.717, 1.165) is 42.4 Å². The topological polar surface area (TPSA) is 75.9 Å². The molecule has 0 radical (unpaired) electrons. The lowest BCUT2D eigenvalue weighted by molar-refractivity contribution is 0.527. The van der Waals surface area contributed by atoms with Gasteiger partial charge in [-0.15, -0.1) is 0 Å². The minimum absolute atomic E-state index is 0.401. The van der Waals surface area contributed by atoms with Crippen LogP contribution in [0.5, 0.6) is 0 Å². The molecule has 5 nitrogen and oxygen atoms in total. The lowest BCUT2D eigenvalue weighted by atomic mass is 10.0. The van der Waals surface area contributed by atoms with Crippen LogP contribution in [0.4, 0.5) is 11.6 Å². The summed E-state index contributed by atoms with van der Waals surface area (Å²) in [7, 11) is 0. The zero-order chi connectivity index (χ0) is 14.3. The normalized spacial score (nSPS) is 12.5. The molecule has 1 aromatic rings. The van der Waals surface area contributed by atoms with E-state index in [1.54, 1.807) is 6.33 Å². The minimum atomic E-state index is 0.401. The number of nitrogen functional groups attached to an aromatic ring is 1. The maximum absolute atomic E-state index is 5.51. The molecule has 108 valence electrons. The summed E-state index contributed by atoms with van der Waals surface area (Å²) in [4.78, 5) is 8.53. The van der Waals surface area contributed by atoms with Crippen LogP contribution in [0.25, 0.3) is 0 Å². The molecule has 1 unspecified atom stereocenters. The Balaban J connectivity index is 2.76. The first-order chi connectivity index (χ1) is 9.08. The lowest BCUT2D eigenvalue weighted by Crippen LogP contribution is -2.20. The van der Waals surface area contributed by atoms with Gasteiger partial charge >= 0.3 is 0 Å². The second-order valence-electron chi connectivity index (χ2n) is 5.46. The predicted molar refractivity (Wildman–Crippen MR) is 81.0 cm³/mol. The highest BCUT2D eigenvalue weighted by atomic mass is 15.3. The monoisotopic (exact) mass is 265 g/mol. The van der Waals surface area contributed by atoms with Crippen LogP contribution < -0.4 is 16.6 Å². The molecule has 0 aliphatic heterocycles. The van der Waals surface area contributed by atoms with Gasteiger partial charge in [0.2, 0.25) is 0 Å². The molecule has 0 aliphatic carbocycles. The molecule has 1 heterocycles. The summed E-state index contributed by atoms with van der Waals surface area (Å²) in [5, 5.41) is 3.48. The second-order valence-corrected chi connectivity index (χ2v) is 5.46. The number of hydrogen-bond donors (Lipinski definition) is 3. The van der Waals surface area contributed by atoms with Gasteiger partial charge in [0, 0.05) is 11.6 Å². The molecule has 0 saturated heterocycles. The van der Waals surface area contributed by atoms with Crippen LogP contribution in [0.1, 0.15) is 52.5 Å². The van der Waals surface area contributed by atoms with Gasteiger partial charge in [0.05, 0.1) is 0 Å². The summed E-state index contributed by atoms with van der Waals surface area (Å²) in [6.07, 6.45) is 5.85. The van der Waals surface area contributed by atoms with Crippen LogP contribution in [-0.4, -0.2) is 16.0 Å². The van der Waals surface area contributed by atoms with E-state index in [9.17, 15) is 0 Å². The van der Waals surface area contributed by atoms with Gasteiger partial charge in [-0.2, -0.15) is 0 Å². The molecule has 0 bridgehead atoms. The van der Waals surface area contributed by atoms with Crippen LogP contribution in [0.15, 0.2) is 6.33 Å². The Morgan fingerprint density at radius 1 is 1.16 bits per heavy atom. The Labute approximate surface area is 116 Å². The number of anilines is 2. The van der Waals surface area contributed by atoms with Crippen LogP contribution in [0, 0.1) is 5.92 Å². The molecule has 0 aromatic carbocycles. The fraction of sp³-hybridized carbons (Fsp3) is 0.714. The van der Waals surface area contributed by atoms with Crippen molar-refractivity contribution in [3.8, 4) is 0 Å². The van der Waals surface area contributed by atoms with Gasteiger partial charge in [0.25, 0.3) is 0 Å². The molecule has 1 aromatic heterocycles. The zero-order valence-electron chi connectivity index (χ0n) is 12.5. The van der Waals surface area contributed by atoms with Crippen LogP contribution in [0.3, 0.4) is 0 Å². The van der Waals surface area contributed by atoms with Crippen molar-refractivity contribution >= 4 is 11.6 Å². The Morgan fingerprint density at radius 2 is 1.84 bits per heavy atom. The van der Waals surface area contributed by atoms with Gasteiger partial charge in [-0.1, -0.05) is 27.2 Å². The highest BCUT2D eigenvalue weighted by Crippen LogP contribution is 2.22.